The van der Waals surface area contributed by atoms with E-state index in [1.54, 1.807) is 11.5 Å². The predicted molar refractivity (Wildman–Crippen MR) is 53.9 cm³/mol. The minimum atomic E-state index is 1.09. The maximum absolute atomic E-state index is 4.27. The predicted octanol–water partition coefficient (Wildman–Crippen LogP) is 3.04. The first-order valence-electron chi connectivity index (χ1n) is 4.19. The summed E-state index contributed by atoms with van der Waals surface area (Å²) < 4.78 is 1.95. The molecule has 0 aliphatic heterocycles. The zero-order chi connectivity index (χ0) is 9.14. The first-order valence-corrected chi connectivity index (χ1v) is 4.96. The van der Waals surface area contributed by atoms with Crippen LogP contribution in [0.4, 0.5) is 0 Å². The molecule has 0 aromatic carbocycles. The SMILES string of the molecule is CC.Cc1cc2cc(C)sn2n1. The van der Waals surface area contributed by atoms with Gasteiger partial charge >= 0.3 is 0 Å². The third-order valence-corrected chi connectivity index (χ3v) is 2.28. The van der Waals surface area contributed by atoms with Crippen molar-refractivity contribution in [2.24, 2.45) is 0 Å². The van der Waals surface area contributed by atoms with Crippen molar-refractivity contribution in [1.29, 1.82) is 0 Å². The Morgan fingerprint density at radius 2 is 1.92 bits per heavy atom. The fourth-order valence-electron chi connectivity index (χ4n) is 1.04. The highest BCUT2D eigenvalue weighted by Crippen LogP contribution is 2.14. The van der Waals surface area contributed by atoms with Crippen molar-refractivity contribution in [3.63, 3.8) is 0 Å². The number of aryl methyl sites for hydroxylation is 2. The molecule has 0 atom stereocenters. The van der Waals surface area contributed by atoms with E-state index in [2.05, 4.69) is 24.2 Å². The Balaban J connectivity index is 0.000000336. The lowest BCUT2D eigenvalue weighted by Gasteiger charge is -1.76. The number of hydrogen-bond donors (Lipinski definition) is 0. The third-order valence-electron chi connectivity index (χ3n) is 1.41. The highest BCUT2D eigenvalue weighted by molar-refractivity contribution is 7.06. The Morgan fingerprint density at radius 1 is 1.25 bits per heavy atom. The van der Waals surface area contributed by atoms with Gasteiger partial charge in [-0.3, -0.25) is 0 Å². The van der Waals surface area contributed by atoms with Crippen LogP contribution >= 0.6 is 11.5 Å². The van der Waals surface area contributed by atoms with Crippen molar-refractivity contribution < 1.29 is 0 Å². The van der Waals surface area contributed by atoms with E-state index in [0.29, 0.717) is 0 Å². The first-order chi connectivity index (χ1) is 5.75. The Labute approximate surface area is 77.0 Å². The zero-order valence-electron chi connectivity index (χ0n) is 7.96. The van der Waals surface area contributed by atoms with Gasteiger partial charge in [0.05, 0.1) is 11.2 Å². The molecule has 0 unspecified atom stereocenters. The molecule has 0 radical (unpaired) electrons. The van der Waals surface area contributed by atoms with E-state index in [-0.39, 0.29) is 0 Å². The molecule has 0 aliphatic rings. The van der Waals surface area contributed by atoms with E-state index in [9.17, 15) is 0 Å². The van der Waals surface area contributed by atoms with Gasteiger partial charge in [0.15, 0.2) is 0 Å². The summed E-state index contributed by atoms with van der Waals surface area (Å²) >= 11 is 1.68. The lowest BCUT2D eigenvalue weighted by molar-refractivity contribution is 1.02. The molecule has 0 aliphatic carbocycles. The summed E-state index contributed by atoms with van der Waals surface area (Å²) in [6.45, 7) is 8.10. The quantitative estimate of drug-likeness (QED) is 0.612. The molecule has 3 heteroatoms. The lowest BCUT2D eigenvalue weighted by atomic mass is 10.4. The van der Waals surface area contributed by atoms with Crippen molar-refractivity contribution in [2.45, 2.75) is 27.7 Å². The van der Waals surface area contributed by atoms with Crippen LogP contribution in [0.3, 0.4) is 0 Å². The van der Waals surface area contributed by atoms with Gasteiger partial charge in [0, 0.05) is 4.88 Å². The summed E-state index contributed by atoms with van der Waals surface area (Å²) in [5, 5.41) is 4.27. The number of rotatable bonds is 0. The normalized spacial score (nSPS) is 9.67. The fourth-order valence-corrected chi connectivity index (χ4v) is 1.87. The second-order valence-corrected chi connectivity index (χ2v) is 3.60. The number of fused-ring (bicyclic) bond motifs is 1. The average Bonchev–Trinajstić information content (AvgIpc) is 2.48. The van der Waals surface area contributed by atoms with Crippen LogP contribution in [0.5, 0.6) is 0 Å². The molecule has 0 saturated heterocycles. The number of nitrogens with zero attached hydrogens (tertiary/aromatic N) is 2. The molecule has 0 spiro atoms. The molecule has 0 saturated carbocycles. The minimum absolute atomic E-state index is 1.09. The van der Waals surface area contributed by atoms with Crippen molar-refractivity contribution in [1.82, 2.24) is 9.00 Å². The number of aromatic nitrogens is 2. The summed E-state index contributed by atoms with van der Waals surface area (Å²) in [5.74, 6) is 0. The fraction of sp³-hybridized carbons (Fsp3) is 0.444. The Kier molecular flexibility index (Phi) is 2.87. The zero-order valence-corrected chi connectivity index (χ0v) is 8.77. The van der Waals surface area contributed by atoms with Gasteiger partial charge < -0.3 is 0 Å². The molecule has 0 fully saturated rings. The van der Waals surface area contributed by atoms with Crippen molar-refractivity contribution >= 4 is 17.0 Å². The molecule has 66 valence electrons. The standard InChI is InChI=1S/C7H8N2S.C2H6/c1-5-3-7-4-6(2)10-9(7)8-5;1-2/h3-4H,1-2H3;1-2H3. The van der Waals surface area contributed by atoms with Gasteiger partial charge in [-0.25, -0.2) is 0 Å². The lowest BCUT2D eigenvalue weighted by Crippen LogP contribution is -1.75. The van der Waals surface area contributed by atoms with Gasteiger partial charge in [-0.1, -0.05) is 13.8 Å². The summed E-state index contributed by atoms with van der Waals surface area (Å²) in [6.07, 6.45) is 0. The molecular weight excluding hydrogens is 168 g/mol. The van der Waals surface area contributed by atoms with Gasteiger partial charge in [0.25, 0.3) is 0 Å². The van der Waals surface area contributed by atoms with Crippen LogP contribution in [0.15, 0.2) is 12.1 Å². The average molecular weight is 182 g/mol. The van der Waals surface area contributed by atoms with Gasteiger partial charge in [-0.15, -0.1) is 0 Å². The van der Waals surface area contributed by atoms with E-state index >= 15 is 0 Å². The highest BCUT2D eigenvalue weighted by Gasteiger charge is 1.98. The van der Waals surface area contributed by atoms with E-state index < -0.39 is 0 Å². The van der Waals surface area contributed by atoms with E-state index in [4.69, 9.17) is 0 Å². The Morgan fingerprint density at radius 3 is 2.50 bits per heavy atom. The molecule has 2 rings (SSSR count). The number of hydrogen-bond acceptors (Lipinski definition) is 2. The largest absolute Gasteiger partial charge is 0.186 e. The van der Waals surface area contributed by atoms with Crippen LogP contribution in [0.2, 0.25) is 0 Å². The molecule has 2 heterocycles. The molecule has 0 amide bonds. The smallest absolute Gasteiger partial charge is 0.0796 e. The first kappa shape index (κ1) is 9.26. The summed E-state index contributed by atoms with van der Waals surface area (Å²) in [6, 6.07) is 4.23. The van der Waals surface area contributed by atoms with Crippen LogP contribution in [0.1, 0.15) is 24.4 Å². The Bertz CT molecular complexity index is 296. The molecule has 0 bridgehead atoms. The second kappa shape index (κ2) is 3.72. The molecule has 0 N–H and O–H groups in total. The second-order valence-electron chi connectivity index (χ2n) is 2.43. The maximum Gasteiger partial charge on any atom is 0.0796 e. The van der Waals surface area contributed by atoms with Crippen LogP contribution < -0.4 is 0 Å². The molecule has 2 aromatic heterocycles. The third kappa shape index (κ3) is 1.67. The van der Waals surface area contributed by atoms with Gasteiger partial charge in [0.1, 0.15) is 0 Å². The van der Waals surface area contributed by atoms with Crippen LogP contribution in [-0.4, -0.2) is 9.00 Å². The van der Waals surface area contributed by atoms with Crippen molar-refractivity contribution in [2.75, 3.05) is 0 Å². The monoisotopic (exact) mass is 182 g/mol. The maximum atomic E-state index is 4.27. The van der Waals surface area contributed by atoms with Crippen LogP contribution in [-0.2, 0) is 0 Å². The van der Waals surface area contributed by atoms with Gasteiger partial charge in [0.2, 0.25) is 0 Å². The van der Waals surface area contributed by atoms with Crippen LogP contribution in [0, 0.1) is 13.8 Å². The van der Waals surface area contributed by atoms with Crippen molar-refractivity contribution in [3.8, 4) is 0 Å². The van der Waals surface area contributed by atoms with E-state index in [1.165, 1.54) is 10.4 Å². The summed E-state index contributed by atoms with van der Waals surface area (Å²) in [4.78, 5) is 1.31. The van der Waals surface area contributed by atoms with Gasteiger partial charge in [-0.05, 0) is 37.5 Å². The van der Waals surface area contributed by atoms with Crippen molar-refractivity contribution in [3.05, 3.63) is 22.7 Å². The van der Waals surface area contributed by atoms with Gasteiger partial charge in [-0.2, -0.15) is 9.00 Å². The molecule has 12 heavy (non-hydrogen) atoms. The molecular formula is C9H14N2S. The Hall–Kier alpha value is -0.830. The molecule has 2 nitrogen and oxygen atoms in total. The van der Waals surface area contributed by atoms with Crippen LogP contribution in [0.25, 0.3) is 5.52 Å². The minimum Gasteiger partial charge on any atom is -0.186 e. The summed E-state index contributed by atoms with van der Waals surface area (Å²) in [7, 11) is 0. The topological polar surface area (TPSA) is 17.3 Å². The van der Waals surface area contributed by atoms with E-state index in [0.717, 1.165) is 5.69 Å². The molecule has 2 aromatic rings. The highest BCUT2D eigenvalue weighted by atomic mass is 32.1. The van der Waals surface area contributed by atoms with E-state index in [1.807, 2.05) is 24.7 Å². The summed E-state index contributed by atoms with van der Waals surface area (Å²) in [5.41, 5.74) is 2.30.